The van der Waals surface area contributed by atoms with E-state index in [1.54, 1.807) is 53.9 Å². The van der Waals surface area contributed by atoms with Crippen LogP contribution in [0.3, 0.4) is 0 Å². The topological polar surface area (TPSA) is 94.8 Å². The number of rotatable bonds is 5. The third kappa shape index (κ3) is 3.57. The predicted molar refractivity (Wildman–Crippen MR) is 89.6 cm³/mol. The summed E-state index contributed by atoms with van der Waals surface area (Å²) in [5, 5.41) is 10.5. The Morgan fingerprint density at radius 3 is 2.76 bits per heavy atom. The van der Waals surface area contributed by atoms with Crippen molar-refractivity contribution in [2.75, 3.05) is 19.0 Å². The van der Waals surface area contributed by atoms with Crippen LogP contribution in [0.1, 0.15) is 16.2 Å². The van der Waals surface area contributed by atoms with Crippen LogP contribution in [0.2, 0.25) is 0 Å². The summed E-state index contributed by atoms with van der Waals surface area (Å²) < 4.78 is 11.9. The van der Waals surface area contributed by atoms with Gasteiger partial charge in [-0.05, 0) is 31.2 Å². The second-order valence-corrected chi connectivity index (χ2v) is 5.22. The summed E-state index contributed by atoms with van der Waals surface area (Å²) in [4.78, 5) is 24.1. The van der Waals surface area contributed by atoms with E-state index < -0.39 is 18.5 Å². The van der Waals surface area contributed by atoms with E-state index in [0.717, 1.165) is 0 Å². The van der Waals surface area contributed by atoms with Crippen LogP contribution < -0.4 is 10.1 Å². The summed E-state index contributed by atoms with van der Waals surface area (Å²) >= 11 is 0. The van der Waals surface area contributed by atoms with Crippen molar-refractivity contribution in [3.63, 3.8) is 0 Å². The van der Waals surface area contributed by atoms with E-state index in [1.807, 2.05) is 0 Å². The lowest BCUT2D eigenvalue weighted by molar-refractivity contribution is -0.119. The predicted octanol–water partition coefficient (Wildman–Crippen LogP) is 1.84. The zero-order valence-electron chi connectivity index (χ0n) is 13.7. The molecule has 0 radical (unpaired) electrons. The standard InChI is InChI=1S/C17H16N4O4/c1-11-19-20-15-8-7-12(9-21(11)15)17(23)25-10-16(22)18-13-5-3-4-6-14(13)24-2/h3-9H,10H2,1-2H3,(H,18,22). The zero-order chi connectivity index (χ0) is 17.8. The third-order valence-electron chi connectivity index (χ3n) is 3.52. The zero-order valence-corrected chi connectivity index (χ0v) is 13.7. The number of para-hydroxylation sites is 2. The van der Waals surface area contributed by atoms with Crippen LogP contribution in [0.4, 0.5) is 5.69 Å². The number of benzene rings is 1. The Balaban J connectivity index is 1.62. The van der Waals surface area contributed by atoms with Crippen LogP contribution in [-0.4, -0.2) is 40.2 Å². The average molecular weight is 340 g/mol. The molecule has 8 nitrogen and oxygen atoms in total. The normalized spacial score (nSPS) is 10.5. The van der Waals surface area contributed by atoms with Crippen molar-refractivity contribution in [1.82, 2.24) is 14.6 Å². The second kappa shape index (κ2) is 7.00. The van der Waals surface area contributed by atoms with Crippen LogP contribution in [-0.2, 0) is 9.53 Å². The second-order valence-electron chi connectivity index (χ2n) is 5.22. The van der Waals surface area contributed by atoms with Gasteiger partial charge in [-0.15, -0.1) is 10.2 Å². The number of aryl methyl sites for hydroxylation is 1. The highest BCUT2D eigenvalue weighted by Crippen LogP contribution is 2.22. The maximum absolute atomic E-state index is 12.1. The van der Waals surface area contributed by atoms with Gasteiger partial charge in [0.05, 0.1) is 18.4 Å². The Kier molecular flexibility index (Phi) is 4.60. The molecule has 0 saturated carbocycles. The molecule has 3 aromatic rings. The average Bonchev–Trinajstić information content (AvgIpc) is 3.00. The molecular weight excluding hydrogens is 324 g/mol. The van der Waals surface area contributed by atoms with Crippen molar-refractivity contribution < 1.29 is 19.1 Å². The molecule has 25 heavy (non-hydrogen) atoms. The van der Waals surface area contributed by atoms with Crippen molar-refractivity contribution in [3.05, 3.63) is 54.0 Å². The van der Waals surface area contributed by atoms with Gasteiger partial charge in [0.1, 0.15) is 11.6 Å². The smallest absolute Gasteiger partial charge is 0.340 e. The van der Waals surface area contributed by atoms with Crippen molar-refractivity contribution >= 4 is 23.2 Å². The maximum Gasteiger partial charge on any atom is 0.340 e. The van der Waals surface area contributed by atoms with Gasteiger partial charge in [-0.2, -0.15) is 0 Å². The number of carbonyl (C=O) groups excluding carboxylic acids is 2. The van der Waals surface area contributed by atoms with E-state index in [0.29, 0.717) is 28.5 Å². The molecule has 8 heteroatoms. The Morgan fingerprint density at radius 2 is 1.96 bits per heavy atom. The van der Waals surface area contributed by atoms with Crippen LogP contribution >= 0.6 is 0 Å². The van der Waals surface area contributed by atoms with Crippen molar-refractivity contribution in [1.29, 1.82) is 0 Å². The lowest BCUT2D eigenvalue weighted by atomic mass is 10.3. The van der Waals surface area contributed by atoms with Gasteiger partial charge in [-0.3, -0.25) is 9.20 Å². The third-order valence-corrected chi connectivity index (χ3v) is 3.52. The molecule has 0 atom stereocenters. The number of aromatic nitrogens is 3. The summed E-state index contributed by atoms with van der Waals surface area (Å²) in [7, 11) is 1.51. The highest BCUT2D eigenvalue weighted by Gasteiger charge is 2.13. The molecular formula is C17H16N4O4. The van der Waals surface area contributed by atoms with Gasteiger partial charge in [0.15, 0.2) is 12.3 Å². The molecule has 1 N–H and O–H groups in total. The minimum atomic E-state index is -0.606. The number of pyridine rings is 1. The number of carbonyl (C=O) groups is 2. The summed E-state index contributed by atoms with van der Waals surface area (Å²) in [5.41, 5.74) is 1.44. The van der Waals surface area contributed by atoms with E-state index in [2.05, 4.69) is 15.5 Å². The quantitative estimate of drug-likeness (QED) is 0.712. The van der Waals surface area contributed by atoms with Gasteiger partial charge < -0.3 is 14.8 Å². The highest BCUT2D eigenvalue weighted by atomic mass is 16.5. The summed E-state index contributed by atoms with van der Waals surface area (Å²) in [6, 6.07) is 10.2. The van der Waals surface area contributed by atoms with E-state index in [-0.39, 0.29) is 0 Å². The summed E-state index contributed by atoms with van der Waals surface area (Å²) in [5.74, 6) is 0.110. The number of hydrogen-bond acceptors (Lipinski definition) is 6. The molecule has 128 valence electrons. The Bertz CT molecular complexity index is 935. The Hall–Kier alpha value is -3.42. The molecule has 0 saturated heterocycles. The highest BCUT2D eigenvalue weighted by molar-refractivity contribution is 5.96. The molecule has 0 aliphatic rings. The van der Waals surface area contributed by atoms with E-state index in [1.165, 1.54) is 7.11 Å². The van der Waals surface area contributed by atoms with Crippen molar-refractivity contribution in [2.24, 2.45) is 0 Å². The lowest BCUT2D eigenvalue weighted by Gasteiger charge is -2.10. The van der Waals surface area contributed by atoms with Gasteiger partial charge in [0.25, 0.3) is 5.91 Å². The minimum Gasteiger partial charge on any atom is -0.495 e. The fourth-order valence-corrected chi connectivity index (χ4v) is 2.27. The number of ether oxygens (including phenoxy) is 2. The number of fused-ring (bicyclic) bond motifs is 1. The molecule has 0 aliphatic carbocycles. The largest absolute Gasteiger partial charge is 0.495 e. The van der Waals surface area contributed by atoms with Crippen LogP contribution in [0, 0.1) is 6.92 Å². The number of amides is 1. The molecule has 1 aromatic carbocycles. The number of esters is 1. The molecule has 0 spiro atoms. The monoisotopic (exact) mass is 340 g/mol. The first-order chi connectivity index (χ1) is 12.1. The van der Waals surface area contributed by atoms with E-state index in [4.69, 9.17) is 9.47 Å². The molecule has 0 bridgehead atoms. The van der Waals surface area contributed by atoms with Crippen LogP contribution in [0.15, 0.2) is 42.6 Å². The number of nitrogens with one attached hydrogen (secondary N) is 1. The number of methoxy groups -OCH3 is 1. The molecule has 3 rings (SSSR count). The van der Waals surface area contributed by atoms with Gasteiger partial charge >= 0.3 is 5.97 Å². The molecule has 2 heterocycles. The van der Waals surface area contributed by atoms with Crippen LogP contribution in [0.25, 0.3) is 5.65 Å². The number of anilines is 1. The molecule has 1 amide bonds. The van der Waals surface area contributed by atoms with Gasteiger partial charge in [-0.25, -0.2) is 4.79 Å². The molecule has 0 fully saturated rings. The molecule has 0 unspecified atom stereocenters. The fourth-order valence-electron chi connectivity index (χ4n) is 2.27. The maximum atomic E-state index is 12.1. The Labute approximate surface area is 143 Å². The Morgan fingerprint density at radius 1 is 1.16 bits per heavy atom. The lowest BCUT2D eigenvalue weighted by Crippen LogP contribution is -2.21. The number of nitrogens with zero attached hydrogens (tertiary/aromatic N) is 3. The first-order valence-corrected chi connectivity index (χ1v) is 7.50. The van der Waals surface area contributed by atoms with Gasteiger partial charge in [-0.1, -0.05) is 12.1 Å². The van der Waals surface area contributed by atoms with Crippen molar-refractivity contribution in [2.45, 2.75) is 6.92 Å². The fraction of sp³-hybridized carbons (Fsp3) is 0.176. The summed E-state index contributed by atoms with van der Waals surface area (Å²) in [6.45, 7) is 1.37. The molecule has 0 aliphatic heterocycles. The van der Waals surface area contributed by atoms with E-state index >= 15 is 0 Å². The van der Waals surface area contributed by atoms with Crippen LogP contribution in [0.5, 0.6) is 5.75 Å². The summed E-state index contributed by atoms with van der Waals surface area (Å²) in [6.07, 6.45) is 1.57. The number of hydrogen-bond donors (Lipinski definition) is 1. The van der Waals surface area contributed by atoms with Crippen molar-refractivity contribution in [3.8, 4) is 5.75 Å². The van der Waals surface area contributed by atoms with Gasteiger partial charge in [0.2, 0.25) is 0 Å². The van der Waals surface area contributed by atoms with E-state index in [9.17, 15) is 9.59 Å². The molecule has 2 aromatic heterocycles. The van der Waals surface area contributed by atoms with Gasteiger partial charge in [0, 0.05) is 6.20 Å². The minimum absolute atomic E-state index is 0.306. The first-order valence-electron chi connectivity index (χ1n) is 7.50. The SMILES string of the molecule is COc1ccccc1NC(=O)COC(=O)c1ccc2nnc(C)n2c1. The first kappa shape index (κ1) is 16.4.